The number of unbranched alkanes of at least 4 members (excludes halogenated alkanes) is 2. The van der Waals surface area contributed by atoms with Gasteiger partial charge in [-0.3, -0.25) is 28.9 Å². The first-order valence-corrected chi connectivity index (χ1v) is 14.7. The lowest BCUT2D eigenvalue weighted by atomic mass is 9.52. The lowest BCUT2D eigenvalue weighted by Gasteiger charge is -2.52. The molecule has 2 aromatic carbocycles. The fraction of sp³-hybridized carbons (Fsp3) is 0.485. The minimum atomic E-state index is -2.75. The zero-order chi connectivity index (χ0) is 31.4. The van der Waals surface area contributed by atoms with Gasteiger partial charge in [0.25, 0.3) is 0 Å². The number of hydrogen-bond acceptors (Lipinski definition) is 9. The third kappa shape index (κ3) is 4.67. The summed E-state index contributed by atoms with van der Waals surface area (Å²) in [7, 11) is 4.68. The van der Waals surface area contributed by atoms with Gasteiger partial charge in [0, 0.05) is 11.5 Å². The first kappa shape index (κ1) is 30.6. The predicted octanol–water partition coefficient (Wildman–Crippen LogP) is 2.28. The number of rotatable bonds is 8. The molecule has 10 heteroatoms. The minimum Gasteiger partial charge on any atom is -0.507 e. The molecule has 0 spiro atoms. The Balaban J connectivity index is 1.63. The molecule has 228 valence electrons. The number of likely N-dealkylation sites (N-methyl/N-ethyl adjacent to an activating group) is 1. The smallest absolute Gasteiger partial charge is 0.235 e. The summed E-state index contributed by atoms with van der Waals surface area (Å²) in [5, 5.41) is 22.7. The van der Waals surface area contributed by atoms with Gasteiger partial charge in [0.1, 0.15) is 11.5 Å². The van der Waals surface area contributed by atoms with Crippen LogP contribution in [0.3, 0.4) is 0 Å². The number of primary amides is 1. The van der Waals surface area contributed by atoms with E-state index in [-0.39, 0.29) is 24.2 Å². The quantitative estimate of drug-likeness (QED) is 0.309. The number of ketones is 4. The molecule has 3 unspecified atom stereocenters. The Hall–Kier alpha value is -3.89. The third-order valence-electron chi connectivity index (χ3n) is 9.57. The lowest BCUT2D eigenvalue weighted by Crippen LogP contribution is -2.74. The van der Waals surface area contributed by atoms with E-state index >= 15 is 0 Å². The summed E-state index contributed by atoms with van der Waals surface area (Å²) in [6.07, 6.45) is 4.23. The summed E-state index contributed by atoms with van der Waals surface area (Å²) in [4.78, 5) is 68.6. The Morgan fingerprint density at radius 3 is 2.42 bits per heavy atom. The van der Waals surface area contributed by atoms with Crippen molar-refractivity contribution in [2.45, 2.75) is 57.1 Å². The van der Waals surface area contributed by atoms with Crippen molar-refractivity contribution < 1.29 is 38.9 Å². The van der Waals surface area contributed by atoms with Crippen LogP contribution in [0.15, 0.2) is 30.3 Å². The Morgan fingerprint density at radius 1 is 1.07 bits per heavy atom. The molecule has 10 nitrogen and oxygen atoms in total. The Bertz CT molecular complexity index is 1530. The number of Topliss-reactive ketones (excluding diaryl/α,β-unsaturated/α-hetero) is 4. The number of aryl methyl sites for hydroxylation is 1. The van der Waals surface area contributed by atoms with Gasteiger partial charge in [0.05, 0.1) is 24.6 Å². The largest absolute Gasteiger partial charge is 0.507 e. The van der Waals surface area contributed by atoms with E-state index in [1.165, 1.54) is 11.0 Å². The highest BCUT2D eigenvalue weighted by molar-refractivity contribution is 6.32. The lowest BCUT2D eigenvalue weighted by molar-refractivity contribution is -0.181. The average Bonchev–Trinajstić information content (AvgIpc) is 2.95. The molecule has 4 N–H and O–H groups in total. The van der Waals surface area contributed by atoms with E-state index < -0.39 is 64.4 Å². The molecule has 0 aromatic heterocycles. The number of nitrogens with zero attached hydrogens (tertiary/aromatic N) is 1. The maximum absolute atomic E-state index is 14.1. The van der Waals surface area contributed by atoms with Gasteiger partial charge in [-0.1, -0.05) is 31.9 Å². The first-order chi connectivity index (χ1) is 20.4. The van der Waals surface area contributed by atoms with Crippen molar-refractivity contribution in [3.63, 3.8) is 0 Å². The number of phenolic OH excluding ortho intramolecular Hbond substituents is 1. The molecule has 0 radical (unpaired) electrons. The van der Waals surface area contributed by atoms with Gasteiger partial charge in [0.2, 0.25) is 5.91 Å². The van der Waals surface area contributed by atoms with E-state index in [1.54, 1.807) is 27.3 Å². The summed E-state index contributed by atoms with van der Waals surface area (Å²) in [6.45, 7) is 2.14. The van der Waals surface area contributed by atoms with Crippen LogP contribution >= 0.6 is 0 Å². The number of methoxy groups -OCH3 is 1. The summed E-state index contributed by atoms with van der Waals surface area (Å²) in [6, 6.07) is 7.88. The van der Waals surface area contributed by atoms with Gasteiger partial charge < -0.3 is 20.7 Å². The van der Waals surface area contributed by atoms with Gasteiger partial charge >= 0.3 is 0 Å². The Morgan fingerprint density at radius 2 is 1.79 bits per heavy atom. The van der Waals surface area contributed by atoms with E-state index in [2.05, 4.69) is 6.92 Å². The molecule has 2 aromatic rings. The number of amides is 1. The molecule has 1 amide bonds. The molecule has 2 fully saturated rings. The highest BCUT2D eigenvalue weighted by Crippen LogP contribution is 2.52. The van der Waals surface area contributed by atoms with E-state index in [9.17, 15) is 34.2 Å². The van der Waals surface area contributed by atoms with Crippen molar-refractivity contribution >= 4 is 29.0 Å². The molecular formula is C33H38N2O8. The highest BCUT2D eigenvalue weighted by atomic mass is 16.5. The molecule has 0 aliphatic heterocycles. The summed E-state index contributed by atoms with van der Waals surface area (Å²) in [5.74, 6) is -10.1. The zero-order valence-corrected chi connectivity index (χ0v) is 24.9. The summed E-state index contributed by atoms with van der Waals surface area (Å²) >= 11 is 0. The minimum absolute atomic E-state index is 0.00676. The number of aromatic hydroxyl groups is 1. The molecule has 6 atom stereocenters. The van der Waals surface area contributed by atoms with E-state index in [0.29, 0.717) is 16.9 Å². The van der Waals surface area contributed by atoms with Crippen molar-refractivity contribution in [3.8, 4) is 22.6 Å². The van der Waals surface area contributed by atoms with Gasteiger partial charge in [-0.2, -0.15) is 0 Å². The number of carbonyl (C=O) groups is 5. The maximum Gasteiger partial charge on any atom is 0.235 e. The van der Waals surface area contributed by atoms with Gasteiger partial charge in [0.15, 0.2) is 34.7 Å². The monoisotopic (exact) mass is 590 g/mol. The molecule has 5 rings (SSSR count). The Labute approximate surface area is 250 Å². The van der Waals surface area contributed by atoms with Crippen LogP contribution in [-0.4, -0.2) is 77.0 Å². The second kappa shape index (κ2) is 11.3. The average molecular weight is 591 g/mol. The van der Waals surface area contributed by atoms with E-state index in [0.717, 1.165) is 36.8 Å². The number of aliphatic hydroxyl groups is 1. The number of benzene rings is 2. The van der Waals surface area contributed by atoms with Crippen LogP contribution in [0.2, 0.25) is 0 Å². The van der Waals surface area contributed by atoms with E-state index in [1.807, 2.05) is 18.2 Å². The molecule has 0 bridgehead atoms. The number of nitrogens with two attached hydrogens (primary N) is 1. The van der Waals surface area contributed by atoms with Crippen molar-refractivity contribution in [1.29, 1.82) is 0 Å². The normalized spacial score (nSPS) is 28.4. The number of carbonyl (C=O) groups excluding carboxylic acids is 5. The third-order valence-corrected chi connectivity index (χ3v) is 9.57. The van der Waals surface area contributed by atoms with Crippen molar-refractivity contribution in [2.24, 2.45) is 29.4 Å². The molecule has 0 saturated heterocycles. The molecule has 3 aliphatic rings. The second-order valence-electron chi connectivity index (χ2n) is 12.3. The fourth-order valence-corrected chi connectivity index (χ4v) is 7.56. The van der Waals surface area contributed by atoms with Crippen molar-refractivity contribution in [1.82, 2.24) is 4.90 Å². The number of fused-ring (bicyclic) bond motifs is 3. The predicted molar refractivity (Wildman–Crippen MR) is 157 cm³/mol. The van der Waals surface area contributed by atoms with Crippen LogP contribution < -0.4 is 10.5 Å². The molecule has 3 aliphatic carbocycles. The molecule has 0 heterocycles. The number of phenols is 1. The second-order valence-corrected chi connectivity index (χ2v) is 12.3. The Kier molecular flexibility index (Phi) is 8.04. The summed E-state index contributed by atoms with van der Waals surface area (Å²) in [5.41, 5.74) is 5.66. The van der Waals surface area contributed by atoms with Crippen molar-refractivity contribution in [3.05, 3.63) is 47.0 Å². The van der Waals surface area contributed by atoms with Gasteiger partial charge in [-0.25, -0.2) is 0 Å². The van der Waals surface area contributed by atoms with Crippen LogP contribution in [-0.2, 0) is 32.0 Å². The maximum atomic E-state index is 14.1. The highest BCUT2D eigenvalue weighted by Gasteiger charge is 2.69. The fourth-order valence-electron chi connectivity index (χ4n) is 7.56. The van der Waals surface area contributed by atoms with Crippen LogP contribution in [0.25, 0.3) is 11.1 Å². The van der Waals surface area contributed by atoms with Crippen molar-refractivity contribution in [2.75, 3.05) is 21.2 Å². The number of hydrogen-bond donors (Lipinski definition) is 3. The first-order valence-electron chi connectivity index (χ1n) is 14.7. The SMILES string of the molecule is CCCCCc1ccc(OC)c(-c2ccc(O)c3c2C[C@@H]2C[C@@H]4C(N(C)C)C(=O)C(C(N)=O)C(=O)[C@]4(O)C(=O)C2C3=O)c1. The van der Waals surface area contributed by atoms with Gasteiger partial charge in [-0.15, -0.1) is 0 Å². The molecule has 43 heavy (non-hydrogen) atoms. The van der Waals surface area contributed by atoms with Crippen LogP contribution in [0.5, 0.6) is 11.5 Å². The van der Waals surface area contributed by atoms with Gasteiger partial charge in [-0.05, 0) is 80.6 Å². The zero-order valence-electron chi connectivity index (χ0n) is 24.9. The van der Waals surface area contributed by atoms with Crippen LogP contribution in [0.4, 0.5) is 0 Å². The molecule has 2 saturated carbocycles. The van der Waals surface area contributed by atoms with Crippen LogP contribution in [0.1, 0.15) is 54.1 Å². The topological polar surface area (TPSA) is 164 Å². The number of ether oxygens (including phenoxy) is 1. The van der Waals surface area contributed by atoms with Crippen LogP contribution in [0, 0.1) is 23.7 Å². The summed E-state index contributed by atoms with van der Waals surface area (Å²) < 4.78 is 5.68. The van der Waals surface area contributed by atoms with E-state index in [4.69, 9.17) is 10.5 Å². The standard InChI is InChI=1S/C33H38N2O8/c1-5-6-7-8-16-9-12-23(43-4)19(13-16)18-10-11-22(36)25-20(18)14-17-15-21-27(35(2)3)29(38)26(32(34)41)31(40)33(21,42)30(39)24(17)28(25)37/h9-13,17,21,24,26-27,36,42H,5-8,14-15H2,1-4H3,(H2,34,41)/t17-,21-,24?,26?,27?,33-/m1/s1. The molecular weight excluding hydrogens is 552 g/mol.